The lowest BCUT2D eigenvalue weighted by Crippen LogP contribution is -2.19. The molecule has 1 N–H and O–H groups in total. The van der Waals surface area contributed by atoms with Crippen LogP contribution in [0.25, 0.3) is 0 Å². The summed E-state index contributed by atoms with van der Waals surface area (Å²) in [6.07, 6.45) is 6.58. The number of halogens is 1. The van der Waals surface area contributed by atoms with Gasteiger partial charge in [0.1, 0.15) is 5.76 Å². The molecule has 17 heavy (non-hydrogen) atoms. The van der Waals surface area contributed by atoms with Crippen LogP contribution in [0.1, 0.15) is 33.1 Å². The molecule has 0 bridgehead atoms. The third kappa shape index (κ3) is 10.1. The first kappa shape index (κ1) is 16.2. The quantitative estimate of drug-likeness (QED) is 0.508. The van der Waals surface area contributed by atoms with Crippen LogP contribution in [-0.4, -0.2) is 25.9 Å². The van der Waals surface area contributed by atoms with Crippen molar-refractivity contribution < 1.29 is 4.74 Å². The number of hydrogen-bond acceptors (Lipinski definition) is 3. The van der Waals surface area contributed by atoms with Crippen molar-refractivity contribution in [3.63, 3.8) is 0 Å². The molecule has 0 radical (unpaired) electrons. The van der Waals surface area contributed by atoms with Crippen LogP contribution in [0.15, 0.2) is 28.6 Å². The van der Waals surface area contributed by atoms with Gasteiger partial charge in [-0.25, -0.2) is 0 Å². The molecule has 3 nitrogen and oxygen atoms in total. The Morgan fingerprint density at radius 3 is 2.76 bits per heavy atom. The molecule has 0 aromatic carbocycles. The molecule has 0 fully saturated rings. The zero-order valence-corrected chi connectivity index (χ0v) is 11.8. The number of hydrogen-bond donors (Lipinski definition) is 1. The number of ether oxygens (including phenoxy) is 1. The smallest absolute Gasteiger partial charge is 0.111 e. The number of allylic oxidation sites excluding steroid dienone is 2. The largest absolute Gasteiger partial charge is 0.493 e. The molecule has 4 heteroatoms. The van der Waals surface area contributed by atoms with E-state index in [9.17, 15) is 0 Å². The van der Waals surface area contributed by atoms with Crippen LogP contribution >= 0.6 is 11.6 Å². The van der Waals surface area contributed by atoms with Gasteiger partial charge in [0.2, 0.25) is 0 Å². The van der Waals surface area contributed by atoms with E-state index >= 15 is 0 Å². The van der Waals surface area contributed by atoms with Gasteiger partial charge in [-0.05, 0) is 33.4 Å². The maximum atomic E-state index is 5.81. The van der Waals surface area contributed by atoms with Crippen LogP contribution in [0.3, 0.4) is 0 Å². The van der Waals surface area contributed by atoms with Gasteiger partial charge in [0.05, 0.1) is 17.3 Å². The van der Waals surface area contributed by atoms with Crippen LogP contribution in [0.4, 0.5) is 0 Å². The van der Waals surface area contributed by atoms with Crippen molar-refractivity contribution >= 4 is 17.8 Å². The number of rotatable bonds is 9. The minimum atomic E-state index is 0.248. The zero-order valence-electron chi connectivity index (χ0n) is 11.0. The van der Waals surface area contributed by atoms with E-state index in [1.54, 1.807) is 6.20 Å². The van der Waals surface area contributed by atoms with Gasteiger partial charge in [-0.1, -0.05) is 31.5 Å². The molecule has 0 aromatic heterocycles. The summed E-state index contributed by atoms with van der Waals surface area (Å²) in [5.74, 6) is 0.800. The van der Waals surface area contributed by atoms with E-state index in [-0.39, 0.29) is 6.10 Å². The highest BCUT2D eigenvalue weighted by Gasteiger charge is 2.08. The molecule has 0 aliphatic rings. The first-order valence-corrected chi connectivity index (χ1v) is 6.33. The predicted octanol–water partition coefficient (Wildman–Crippen LogP) is 3.47. The molecular formula is C13H23ClN2O. The maximum absolute atomic E-state index is 5.81. The molecule has 98 valence electrons. The fraction of sp³-hybridized carbons (Fsp3) is 0.615. The Morgan fingerprint density at radius 1 is 1.53 bits per heavy atom. The first-order chi connectivity index (χ1) is 8.10. The van der Waals surface area contributed by atoms with Gasteiger partial charge in [0.15, 0.2) is 0 Å². The van der Waals surface area contributed by atoms with Crippen molar-refractivity contribution in [1.29, 1.82) is 0 Å². The topological polar surface area (TPSA) is 33.6 Å². The normalized spacial score (nSPS) is 14.0. The molecule has 1 unspecified atom stereocenters. The lowest BCUT2D eigenvalue weighted by molar-refractivity contribution is 0.101. The highest BCUT2D eigenvalue weighted by Crippen LogP contribution is 2.11. The molecule has 0 amide bonds. The molecule has 1 atom stereocenters. The van der Waals surface area contributed by atoms with Crippen molar-refractivity contribution in [1.82, 2.24) is 5.32 Å². The average Bonchev–Trinajstić information content (AvgIpc) is 2.25. The minimum Gasteiger partial charge on any atom is -0.493 e. The van der Waals surface area contributed by atoms with Crippen molar-refractivity contribution in [3.05, 3.63) is 23.6 Å². The van der Waals surface area contributed by atoms with Crippen molar-refractivity contribution in [2.75, 3.05) is 13.6 Å². The number of aliphatic imine (C=N–C) groups is 1. The second-order valence-corrected chi connectivity index (χ2v) is 4.37. The third-order valence-electron chi connectivity index (χ3n) is 2.15. The molecule has 0 saturated heterocycles. The molecule has 0 saturated carbocycles. The van der Waals surface area contributed by atoms with E-state index in [4.69, 9.17) is 16.3 Å². The Bertz CT molecular complexity index is 275. The Labute approximate surface area is 110 Å². The van der Waals surface area contributed by atoms with E-state index in [0.29, 0.717) is 5.03 Å². The SMILES string of the molecule is C=C(Cl)/C=N\C=C(/C)OC(CCC)CCNC. The summed E-state index contributed by atoms with van der Waals surface area (Å²) < 4.78 is 5.81. The fourth-order valence-corrected chi connectivity index (χ4v) is 1.46. The van der Waals surface area contributed by atoms with E-state index in [1.165, 1.54) is 6.21 Å². The molecule has 0 heterocycles. The molecule has 0 aromatic rings. The van der Waals surface area contributed by atoms with Crippen LogP contribution in [-0.2, 0) is 4.74 Å². The van der Waals surface area contributed by atoms with E-state index in [0.717, 1.165) is 31.6 Å². The number of nitrogens with one attached hydrogen (secondary N) is 1. The van der Waals surface area contributed by atoms with E-state index < -0.39 is 0 Å². The lowest BCUT2D eigenvalue weighted by Gasteiger charge is -2.18. The van der Waals surface area contributed by atoms with Gasteiger partial charge in [-0.3, -0.25) is 4.99 Å². The maximum Gasteiger partial charge on any atom is 0.111 e. The van der Waals surface area contributed by atoms with Gasteiger partial charge in [-0.15, -0.1) is 0 Å². The van der Waals surface area contributed by atoms with Gasteiger partial charge < -0.3 is 10.1 Å². The Hall–Kier alpha value is -0.800. The molecule has 0 rings (SSSR count). The van der Waals surface area contributed by atoms with Gasteiger partial charge in [0, 0.05) is 6.21 Å². The van der Waals surface area contributed by atoms with Crippen LogP contribution in [0.2, 0.25) is 0 Å². The minimum absolute atomic E-state index is 0.248. The third-order valence-corrected chi connectivity index (χ3v) is 2.25. The summed E-state index contributed by atoms with van der Waals surface area (Å²) >= 11 is 5.56. The van der Waals surface area contributed by atoms with Crippen molar-refractivity contribution in [2.24, 2.45) is 4.99 Å². The summed E-state index contributed by atoms with van der Waals surface area (Å²) in [4.78, 5) is 4.01. The Balaban J connectivity index is 4.17. The average molecular weight is 259 g/mol. The molecule has 0 spiro atoms. The summed E-state index contributed by atoms with van der Waals surface area (Å²) in [5, 5.41) is 3.54. The van der Waals surface area contributed by atoms with E-state index in [1.807, 2.05) is 14.0 Å². The highest BCUT2D eigenvalue weighted by atomic mass is 35.5. The first-order valence-electron chi connectivity index (χ1n) is 5.95. The van der Waals surface area contributed by atoms with E-state index in [2.05, 4.69) is 23.8 Å². The number of nitrogens with zero attached hydrogens (tertiary/aromatic N) is 1. The van der Waals surface area contributed by atoms with Crippen molar-refractivity contribution in [2.45, 2.75) is 39.2 Å². The van der Waals surface area contributed by atoms with Crippen LogP contribution in [0, 0.1) is 0 Å². The van der Waals surface area contributed by atoms with Crippen LogP contribution in [0.5, 0.6) is 0 Å². The molecule has 0 aliphatic carbocycles. The van der Waals surface area contributed by atoms with Gasteiger partial charge in [-0.2, -0.15) is 0 Å². The summed E-state index contributed by atoms with van der Waals surface area (Å²) in [5.41, 5.74) is 0. The second kappa shape index (κ2) is 10.4. The monoisotopic (exact) mass is 258 g/mol. The fourth-order valence-electron chi connectivity index (χ4n) is 1.41. The highest BCUT2D eigenvalue weighted by molar-refractivity contribution is 6.38. The summed E-state index contributed by atoms with van der Waals surface area (Å²) in [6, 6.07) is 0. The van der Waals surface area contributed by atoms with Crippen LogP contribution < -0.4 is 5.32 Å². The lowest BCUT2D eigenvalue weighted by atomic mass is 10.1. The predicted molar refractivity (Wildman–Crippen MR) is 75.6 cm³/mol. The second-order valence-electron chi connectivity index (χ2n) is 3.89. The Morgan fingerprint density at radius 2 is 2.24 bits per heavy atom. The van der Waals surface area contributed by atoms with Gasteiger partial charge >= 0.3 is 0 Å². The van der Waals surface area contributed by atoms with Crippen molar-refractivity contribution in [3.8, 4) is 0 Å². The summed E-state index contributed by atoms with van der Waals surface area (Å²) in [7, 11) is 1.95. The van der Waals surface area contributed by atoms with Gasteiger partial charge in [0.25, 0.3) is 0 Å². The molecule has 0 aliphatic heterocycles. The summed E-state index contributed by atoms with van der Waals surface area (Å²) in [6.45, 7) is 8.54. The molecular weight excluding hydrogens is 236 g/mol. The zero-order chi connectivity index (χ0) is 13.1. The Kier molecular flexibility index (Phi) is 9.87. The standard InChI is InChI=1S/C13H23ClN2O/c1-5-6-13(7-8-15-4)17-12(3)10-16-9-11(2)14/h9-10,13,15H,2,5-8H2,1,3-4H3/b12-10+,16-9-.